The van der Waals surface area contributed by atoms with Gasteiger partial charge in [-0.05, 0) is 25.1 Å². The van der Waals surface area contributed by atoms with Gasteiger partial charge in [-0.25, -0.2) is 0 Å². The average molecular weight is 540 g/mol. The highest BCUT2D eigenvalue weighted by atomic mass is 32.2. The van der Waals surface area contributed by atoms with Crippen LogP contribution in [0.5, 0.6) is 5.75 Å². The van der Waals surface area contributed by atoms with Gasteiger partial charge in [-0.15, -0.1) is 0 Å². The van der Waals surface area contributed by atoms with Gasteiger partial charge < -0.3 is 20.1 Å². The maximum absolute atomic E-state index is 13.3. The standard InChI is InChI=1S/C25H21N3O7S2/c1-12-6-8-13(9-7-12)26-16(29)11-35-15-5-3-2-4-14(15)18-19-21(36-22-20(18)37-25(34)27-22)24(33)28(23(19)32)10-17(30)31/h2-9,18-19,21H,10-11H2,1H3,(H,26,29)(H,27,34)(H,30,31)/t18-,19+,21-/m0/s1. The number of imide groups is 1. The van der Waals surface area contributed by atoms with E-state index in [0.29, 0.717) is 26.9 Å². The Morgan fingerprint density at radius 2 is 1.81 bits per heavy atom. The van der Waals surface area contributed by atoms with Gasteiger partial charge in [-0.2, -0.15) is 0 Å². The van der Waals surface area contributed by atoms with Gasteiger partial charge in [0.05, 0.1) is 10.9 Å². The number of fused-ring (bicyclic) bond motifs is 2. The Balaban J connectivity index is 1.46. The van der Waals surface area contributed by atoms with Crippen LogP contribution in [0, 0.1) is 12.8 Å². The summed E-state index contributed by atoms with van der Waals surface area (Å²) in [7, 11) is 0. The van der Waals surface area contributed by atoms with Gasteiger partial charge in [-0.3, -0.25) is 28.9 Å². The van der Waals surface area contributed by atoms with Gasteiger partial charge >= 0.3 is 10.8 Å². The van der Waals surface area contributed by atoms with E-state index in [4.69, 9.17) is 4.74 Å². The van der Waals surface area contributed by atoms with Crippen LogP contribution in [0.3, 0.4) is 0 Å². The maximum atomic E-state index is 13.3. The summed E-state index contributed by atoms with van der Waals surface area (Å²) in [6, 6.07) is 14.1. The van der Waals surface area contributed by atoms with Crippen LogP contribution in [0.1, 0.15) is 21.9 Å². The van der Waals surface area contributed by atoms with Crippen LogP contribution in [0.2, 0.25) is 0 Å². The highest BCUT2D eigenvalue weighted by Gasteiger charge is 2.56. The van der Waals surface area contributed by atoms with E-state index in [1.807, 2.05) is 19.1 Å². The van der Waals surface area contributed by atoms with E-state index in [0.717, 1.165) is 33.6 Å². The number of ether oxygens (including phenoxy) is 1. The minimum atomic E-state index is -1.30. The second-order valence-corrected chi connectivity index (χ2v) is 10.8. The van der Waals surface area contributed by atoms with Crippen molar-refractivity contribution in [2.75, 3.05) is 18.5 Å². The first-order valence-corrected chi connectivity index (χ1v) is 13.0. The SMILES string of the molecule is Cc1ccc(NC(=O)COc2ccccc2[C@@H]2c3sc(=O)[nH]c3S[C@@H]3C(=O)N(CC(=O)O)C(=O)[C@H]23)cc1. The molecule has 0 bridgehead atoms. The molecule has 3 amide bonds. The monoisotopic (exact) mass is 539 g/mol. The maximum Gasteiger partial charge on any atom is 0.323 e. The van der Waals surface area contributed by atoms with Crippen LogP contribution in [0.25, 0.3) is 0 Å². The van der Waals surface area contributed by atoms with E-state index in [9.17, 15) is 29.1 Å². The first-order chi connectivity index (χ1) is 17.7. The average Bonchev–Trinajstić information content (AvgIpc) is 3.35. The summed E-state index contributed by atoms with van der Waals surface area (Å²) in [4.78, 5) is 66.1. The van der Waals surface area contributed by atoms with Gasteiger partial charge in [0.2, 0.25) is 11.8 Å². The molecular weight excluding hydrogens is 518 g/mol. The van der Waals surface area contributed by atoms with Crippen LogP contribution < -0.4 is 14.9 Å². The summed E-state index contributed by atoms with van der Waals surface area (Å²) in [6.45, 7) is 0.893. The molecule has 12 heteroatoms. The summed E-state index contributed by atoms with van der Waals surface area (Å²) in [5.74, 6) is -4.26. The van der Waals surface area contributed by atoms with Gasteiger partial charge in [0.15, 0.2) is 6.61 Å². The zero-order valence-electron chi connectivity index (χ0n) is 19.4. The predicted molar refractivity (Wildman–Crippen MR) is 136 cm³/mol. The van der Waals surface area contributed by atoms with Crippen molar-refractivity contribution in [2.24, 2.45) is 5.92 Å². The number of amides is 3. The number of H-pyrrole nitrogens is 1. The van der Waals surface area contributed by atoms with Gasteiger partial charge in [0, 0.05) is 22.0 Å². The molecule has 37 heavy (non-hydrogen) atoms. The molecular formula is C25H21N3O7S2. The van der Waals surface area contributed by atoms with Crippen molar-refractivity contribution in [1.29, 1.82) is 0 Å². The fraction of sp³-hybridized carbons (Fsp3) is 0.240. The minimum absolute atomic E-state index is 0.311. The minimum Gasteiger partial charge on any atom is -0.483 e. The second-order valence-electron chi connectivity index (χ2n) is 8.65. The van der Waals surface area contributed by atoms with Crippen LogP contribution in [0.4, 0.5) is 5.69 Å². The topological polar surface area (TPSA) is 146 Å². The Bertz CT molecular complexity index is 1460. The van der Waals surface area contributed by atoms with E-state index in [-0.39, 0.29) is 17.4 Å². The summed E-state index contributed by atoms with van der Waals surface area (Å²) in [5, 5.41) is 11.6. The van der Waals surface area contributed by atoms with Crippen molar-refractivity contribution in [2.45, 2.75) is 23.1 Å². The number of nitrogens with zero attached hydrogens (tertiary/aromatic N) is 1. The molecule has 2 aromatic carbocycles. The molecule has 2 aliphatic heterocycles. The Kier molecular flexibility index (Phi) is 6.61. The largest absolute Gasteiger partial charge is 0.483 e. The van der Waals surface area contributed by atoms with Crippen LogP contribution in [0.15, 0.2) is 58.4 Å². The van der Waals surface area contributed by atoms with Crippen molar-refractivity contribution in [3.63, 3.8) is 0 Å². The fourth-order valence-corrected chi connectivity index (χ4v) is 7.07. The number of aliphatic carboxylic acids is 1. The van der Waals surface area contributed by atoms with Crippen LogP contribution in [-0.4, -0.2) is 57.1 Å². The molecule has 0 spiro atoms. The molecule has 1 aromatic heterocycles. The van der Waals surface area contributed by atoms with Crippen molar-refractivity contribution >= 4 is 52.5 Å². The van der Waals surface area contributed by atoms with Crippen LogP contribution >= 0.6 is 23.1 Å². The summed E-state index contributed by atoms with van der Waals surface area (Å²) in [6.07, 6.45) is 0. The Morgan fingerprint density at radius 3 is 2.54 bits per heavy atom. The molecule has 190 valence electrons. The number of anilines is 1. The normalized spacial score (nSPS) is 20.4. The predicted octanol–water partition coefficient (Wildman–Crippen LogP) is 2.44. The molecule has 2 aliphatic rings. The van der Waals surface area contributed by atoms with Gasteiger partial charge in [-0.1, -0.05) is 59.0 Å². The quantitative estimate of drug-likeness (QED) is 0.388. The highest BCUT2D eigenvalue weighted by molar-refractivity contribution is 8.00. The number of hydrogen-bond donors (Lipinski definition) is 3. The molecule has 3 atom stereocenters. The smallest absolute Gasteiger partial charge is 0.323 e. The van der Waals surface area contributed by atoms with Crippen molar-refractivity contribution in [3.8, 4) is 5.75 Å². The molecule has 1 saturated heterocycles. The lowest BCUT2D eigenvalue weighted by Gasteiger charge is -2.30. The molecule has 1 fully saturated rings. The second kappa shape index (κ2) is 9.87. The number of carbonyl (C=O) groups excluding carboxylic acids is 3. The fourth-order valence-electron chi connectivity index (χ4n) is 4.55. The third-order valence-corrected chi connectivity index (χ3v) is 8.56. The molecule has 0 aliphatic carbocycles. The first kappa shape index (κ1) is 24.8. The van der Waals surface area contributed by atoms with Gasteiger partial charge in [0.1, 0.15) is 17.5 Å². The zero-order valence-corrected chi connectivity index (χ0v) is 21.1. The molecule has 3 heterocycles. The number of nitrogens with one attached hydrogen (secondary N) is 2. The number of carbonyl (C=O) groups is 4. The Labute approximate surface area is 218 Å². The summed E-state index contributed by atoms with van der Waals surface area (Å²) < 4.78 is 5.87. The number of rotatable bonds is 7. The number of aromatic amines is 1. The van der Waals surface area contributed by atoms with Crippen molar-refractivity contribution in [1.82, 2.24) is 9.88 Å². The zero-order chi connectivity index (χ0) is 26.3. The number of para-hydroxylation sites is 1. The number of aromatic nitrogens is 1. The van der Waals surface area contributed by atoms with E-state index in [1.54, 1.807) is 36.4 Å². The summed E-state index contributed by atoms with van der Waals surface area (Å²) in [5.41, 5.74) is 2.20. The molecule has 0 unspecified atom stereocenters. The highest BCUT2D eigenvalue weighted by Crippen LogP contribution is 2.53. The lowest BCUT2D eigenvalue weighted by Crippen LogP contribution is -2.36. The number of thiazole rings is 1. The van der Waals surface area contributed by atoms with E-state index >= 15 is 0 Å². The number of likely N-dealkylation sites (tertiary alicyclic amines) is 1. The number of carboxylic acids is 1. The third-order valence-electron chi connectivity index (χ3n) is 6.16. The number of hydrogen-bond acceptors (Lipinski definition) is 8. The number of aryl methyl sites for hydroxylation is 1. The van der Waals surface area contributed by atoms with Gasteiger partial charge in [0.25, 0.3) is 5.91 Å². The van der Waals surface area contributed by atoms with E-state index in [2.05, 4.69) is 10.3 Å². The van der Waals surface area contributed by atoms with Crippen LogP contribution in [-0.2, 0) is 19.2 Å². The number of thioether (sulfide) groups is 1. The molecule has 0 saturated carbocycles. The van der Waals surface area contributed by atoms with E-state index < -0.39 is 41.4 Å². The third kappa shape index (κ3) is 4.77. The number of carboxylic acid groups (broad SMARTS) is 1. The Morgan fingerprint density at radius 1 is 1.08 bits per heavy atom. The molecule has 5 rings (SSSR count). The van der Waals surface area contributed by atoms with Crippen molar-refractivity contribution in [3.05, 3.63) is 74.2 Å². The summed E-state index contributed by atoms with van der Waals surface area (Å²) >= 11 is 1.99. The molecule has 3 aromatic rings. The molecule has 3 N–H and O–H groups in total. The number of benzene rings is 2. The van der Waals surface area contributed by atoms with Crippen molar-refractivity contribution < 1.29 is 29.0 Å². The molecule has 10 nitrogen and oxygen atoms in total. The Hall–Kier alpha value is -3.90. The molecule has 0 radical (unpaired) electrons. The lowest BCUT2D eigenvalue weighted by molar-refractivity contribution is -0.149. The first-order valence-electron chi connectivity index (χ1n) is 11.3. The lowest BCUT2D eigenvalue weighted by atomic mass is 9.82. The van der Waals surface area contributed by atoms with E-state index in [1.165, 1.54) is 0 Å².